The molecule has 3 aromatic rings. The van der Waals surface area contributed by atoms with Crippen LogP contribution in [0.1, 0.15) is 15.9 Å². The summed E-state index contributed by atoms with van der Waals surface area (Å²) in [6.07, 6.45) is 1.79. The van der Waals surface area contributed by atoms with Gasteiger partial charge in [0.05, 0.1) is 13.1 Å². The van der Waals surface area contributed by atoms with Gasteiger partial charge in [-0.3, -0.25) is 9.69 Å². The number of hydrogen-bond acceptors (Lipinski definition) is 5. The largest absolute Gasteiger partial charge is 0.353 e. The number of Topliss-reactive ketones (excluding diaryl/α,β-unsaturated/α-hetero) is 1. The fourth-order valence-corrected chi connectivity index (χ4v) is 3.81. The van der Waals surface area contributed by atoms with Crippen LogP contribution in [0.2, 0.25) is 0 Å². The number of rotatable bonds is 6. The van der Waals surface area contributed by atoms with Crippen LogP contribution >= 0.6 is 0 Å². The van der Waals surface area contributed by atoms with Crippen LogP contribution in [0.3, 0.4) is 0 Å². The topological polar surface area (TPSA) is 82.8 Å². The molecule has 2 amide bonds. The molecule has 164 valence electrons. The van der Waals surface area contributed by atoms with Crippen LogP contribution in [0, 0.1) is 0 Å². The van der Waals surface area contributed by atoms with E-state index in [1.165, 1.54) is 0 Å². The number of pyridine rings is 1. The zero-order chi connectivity index (χ0) is 22.3. The van der Waals surface area contributed by atoms with Crippen molar-refractivity contribution in [2.45, 2.75) is 6.54 Å². The van der Waals surface area contributed by atoms with Crippen molar-refractivity contribution in [1.82, 2.24) is 9.88 Å². The number of hydrogen-bond donors (Lipinski definition) is 1. The third-order valence-electron chi connectivity index (χ3n) is 5.62. The average molecular weight is 430 g/mol. The van der Waals surface area contributed by atoms with Gasteiger partial charge in [0.1, 0.15) is 5.82 Å². The standard InChI is InChI=1S/C25H27N5O2/c26-18-23(31)21-11-9-20(10-12-21)19-30(22-6-2-1-3-7-22)25(32)29-16-14-28(15-17-29)24-8-4-5-13-27-24/h1-13H,14-19,26H2. The van der Waals surface area contributed by atoms with E-state index < -0.39 is 0 Å². The normalized spacial score (nSPS) is 13.7. The number of piperazine rings is 1. The Labute approximate surface area is 188 Å². The number of anilines is 2. The van der Waals surface area contributed by atoms with E-state index in [9.17, 15) is 9.59 Å². The monoisotopic (exact) mass is 429 g/mol. The minimum absolute atomic E-state index is 0.0154. The van der Waals surface area contributed by atoms with Crippen LogP contribution in [0.5, 0.6) is 0 Å². The molecule has 1 aliphatic heterocycles. The summed E-state index contributed by atoms with van der Waals surface area (Å²) in [5, 5.41) is 0. The number of nitrogens with two attached hydrogens (primary N) is 1. The highest BCUT2D eigenvalue weighted by molar-refractivity contribution is 5.97. The Morgan fingerprint density at radius 1 is 0.875 bits per heavy atom. The summed E-state index contributed by atoms with van der Waals surface area (Å²) in [4.78, 5) is 35.6. The van der Waals surface area contributed by atoms with Crippen molar-refractivity contribution >= 4 is 23.3 Å². The molecule has 0 atom stereocenters. The fourth-order valence-electron chi connectivity index (χ4n) is 3.81. The van der Waals surface area contributed by atoms with Gasteiger partial charge < -0.3 is 15.5 Å². The number of carbonyl (C=O) groups is 2. The van der Waals surface area contributed by atoms with E-state index >= 15 is 0 Å². The summed E-state index contributed by atoms with van der Waals surface area (Å²) in [5.41, 5.74) is 7.82. The highest BCUT2D eigenvalue weighted by Crippen LogP contribution is 2.21. The van der Waals surface area contributed by atoms with E-state index in [-0.39, 0.29) is 18.4 Å². The Bertz CT molecular complexity index is 1030. The number of urea groups is 1. The molecule has 0 bridgehead atoms. The van der Waals surface area contributed by atoms with E-state index in [1.54, 1.807) is 23.2 Å². The van der Waals surface area contributed by atoms with Gasteiger partial charge in [0, 0.05) is 43.6 Å². The number of carbonyl (C=O) groups excluding carboxylic acids is 2. The quantitative estimate of drug-likeness (QED) is 0.609. The number of ketones is 1. The van der Waals surface area contributed by atoms with Gasteiger partial charge in [-0.25, -0.2) is 9.78 Å². The number of benzene rings is 2. The summed E-state index contributed by atoms with van der Waals surface area (Å²) >= 11 is 0. The van der Waals surface area contributed by atoms with Crippen molar-refractivity contribution in [3.8, 4) is 0 Å². The molecule has 1 aromatic heterocycles. The molecule has 2 N–H and O–H groups in total. The van der Waals surface area contributed by atoms with Gasteiger partial charge >= 0.3 is 6.03 Å². The summed E-state index contributed by atoms with van der Waals surface area (Å²) < 4.78 is 0. The molecule has 0 spiro atoms. The molecule has 32 heavy (non-hydrogen) atoms. The fraction of sp³-hybridized carbons (Fsp3) is 0.240. The lowest BCUT2D eigenvalue weighted by molar-refractivity contribution is 0.100. The molecule has 0 unspecified atom stereocenters. The summed E-state index contributed by atoms with van der Waals surface area (Å²) in [6.45, 7) is 3.13. The number of aromatic nitrogens is 1. The zero-order valence-corrected chi connectivity index (χ0v) is 17.9. The van der Waals surface area contributed by atoms with Crippen molar-refractivity contribution < 1.29 is 9.59 Å². The first-order valence-electron chi connectivity index (χ1n) is 10.8. The zero-order valence-electron chi connectivity index (χ0n) is 17.9. The third kappa shape index (κ3) is 4.95. The molecule has 0 saturated carbocycles. The van der Waals surface area contributed by atoms with Crippen LogP contribution in [-0.2, 0) is 6.54 Å². The second-order valence-electron chi connectivity index (χ2n) is 7.69. The molecule has 4 rings (SSSR count). The Hall–Kier alpha value is -3.71. The summed E-state index contributed by atoms with van der Waals surface area (Å²) in [5.74, 6) is 0.838. The van der Waals surface area contributed by atoms with Gasteiger partial charge in [-0.1, -0.05) is 48.5 Å². The second kappa shape index (κ2) is 10.1. The third-order valence-corrected chi connectivity index (χ3v) is 5.62. The lowest BCUT2D eigenvalue weighted by atomic mass is 10.1. The van der Waals surface area contributed by atoms with E-state index in [0.717, 1.165) is 30.2 Å². The van der Waals surface area contributed by atoms with Gasteiger partial charge in [0.15, 0.2) is 5.78 Å². The first-order valence-corrected chi connectivity index (χ1v) is 10.8. The van der Waals surface area contributed by atoms with Crippen LogP contribution in [0.25, 0.3) is 0 Å². The van der Waals surface area contributed by atoms with Crippen LogP contribution in [0.15, 0.2) is 79.0 Å². The molecule has 1 aliphatic rings. The number of amides is 2. The Balaban J connectivity index is 1.48. The average Bonchev–Trinajstić information content (AvgIpc) is 2.88. The van der Waals surface area contributed by atoms with Gasteiger partial charge in [0.25, 0.3) is 0 Å². The molecule has 0 aliphatic carbocycles. The molecule has 0 radical (unpaired) electrons. The first-order chi connectivity index (χ1) is 15.7. The van der Waals surface area contributed by atoms with E-state index in [1.807, 2.05) is 65.6 Å². The van der Waals surface area contributed by atoms with Crippen molar-refractivity contribution in [2.24, 2.45) is 5.73 Å². The van der Waals surface area contributed by atoms with Crippen LogP contribution in [0.4, 0.5) is 16.3 Å². The molecule has 2 heterocycles. The van der Waals surface area contributed by atoms with Crippen molar-refractivity contribution in [3.63, 3.8) is 0 Å². The van der Waals surface area contributed by atoms with E-state index in [2.05, 4.69) is 9.88 Å². The van der Waals surface area contributed by atoms with Crippen molar-refractivity contribution in [1.29, 1.82) is 0 Å². The molecule has 7 heteroatoms. The lowest BCUT2D eigenvalue weighted by Crippen LogP contribution is -2.53. The van der Waals surface area contributed by atoms with Crippen molar-refractivity contribution in [2.75, 3.05) is 42.5 Å². The minimum atomic E-state index is -0.0988. The Morgan fingerprint density at radius 3 is 2.19 bits per heavy atom. The highest BCUT2D eigenvalue weighted by atomic mass is 16.2. The number of para-hydroxylation sites is 1. The SMILES string of the molecule is NCC(=O)c1ccc(CN(C(=O)N2CCN(c3ccccn3)CC2)c2ccccc2)cc1. The van der Waals surface area contributed by atoms with E-state index in [4.69, 9.17) is 5.73 Å². The van der Waals surface area contributed by atoms with E-state index in [0.29, 0.717) is 25.2 Å². The Kier molecular flexibility index (Phi) is 6.77. The smallest absolute Gasteiger partial charge is 0.324 e. The Morgan fingerprint density at radius 2 is 1.56 bits per heavy atom. The van der Waals surface area contributed by atoms with Gasteiger partial charge in [-0.15, -0.1) is 0 Å². The predicted octanol–water partition coefficient (Wildman–Crippen LogP) is 3.17. The van der Waals surface area contributed by atoms with Gasteiger partial charge in [0.2, 0.25) is 0 Å². The molecular weight excluding hydrogens is 402 g/mol. The summed E-state index contributed by atoms with van der Waals surface area (Å²) in [7, 11) is 0. The molecule has 1 fully saturated rings. The first kappa shape index (κ1) is 21.5. The van der Waals surface area contributed by atoms with Crippen LogP contribution < -0.4 is 15.5 Å². The van der Waals surface area contributed by atoms with Gasteiger partial charge in [-0.05, 0) is 29.8 Å². The molecule has 1 saturated heterocycles. The number of nitrogens with zero attached hydrogens (tertiary/aromatic N) is 4. The predicted molar refractivity (Wildman–Crippen MR) is 126 cm³/mol. The lowest BCUT2D eigenvalue weighted by Gasteiger charge is -2.38. The maximum absolute atomic E-state index is 13.5. The molecule has 2 aromatic carbocycles. The minimum Gasteiger partial charge on any atom is -0.353 e. The molecule has 7 nitrogen and oxygen atoms in total. The highest BCUT2D eigenvalue weighted by Gasteiger charge is 2.27. The second-order valence-corrected chi connectivity index (χ2v) is 7.69. The molecular formula is C25H27N5O2. The van der Waals surface area contributed by atoms with Crippen LogP contribution in [-0.4, -0.2) is 54.4 Å². The summed E-state index contributed by atoms with van der Waals surface area (Å²) in [6, 6.07) is 22.8. The van der Waals surface area contributed by atoms with Crippen molar-refractivity contribution in [3.05, 3.63) is 90.1 Å². The maximum atomic E-state index is 13.5. The maximum Gasteiger partial charge on any atom is 0.324 e. The van der Waals surface area contributed by atoms with Gasteiger partial charge in [-0.2, -0.15) is 0 Å².